The molecule has 7 heteroatoms. The van der Waals surface area contributed by atoms with E-state index < -0.39 is 5.82 Å². The minimum absolute atomic E-state index is 0.0287. The van der Waals surface area contributed by atoms with Crippen LogP contribution in [-0.2, 0) is 9.59 Å². The van der Waals surface area contributed by atoms with Crippen LogP contribution in [0.3, 0.4) is 0 Å². The van der Waals surface area contributed by atoms with Crippen LogP contribution in [0.2, 0.25) is 0 Å². The summed E-state index contributed by atoms with van der Waals surface area (Å²) in [4.78, 5) is 32.5. The van der Waals surface area contributed by atoms with Crippen LogP contribution in [0.5, 0.6) is 0 Å². The number of rotatable bonds is 6. The number of halogens is 1. The van der Waals surface area contributed by atoms with E-state index in [9.17, 15) is 14.0 Å². The van der Waals surface area contributed by atoms with Crippen LogP contribution in [0.25, 0.3) is 6.08 Å². The average Bonchev–Trinajstić information content (AvgIpc) is 3.34. The fourth-order valence-electron chi connectivity index (χ4n) is 3.78. The molecule has 1 aliphatic rings. The second-order valence-corrected chi connectivity index (χ2v) is 8.31. The van der Waals surface area contributed by atoms with Crippen LogP contribution in [-0.4, -0.2) is 33.8 Å². The number of amides is 2. The maximum Gasteiger partial charge on any atom is 0.247 e. The van der Waals surface area contributed by atoms with Gasteiger partial charge in [-0.25, -0.2) is 9.37 Å². The summed E-state index contributed by atoms with van der Waals surface area (Å²) in [6.07, 6.45) is 7.63. The standard InChI is InChI=1S/C22H26FN3O2S/c1-15(2)25(18-8-4-5-9-18)21(28)13-12-17-14-29-22(24-17)26(16(3)27)20-11-7-6-10-19(20)23/h6-7,10-15,18H,4-5,8-9H2,1-3H3/b13-12+. The zero-order chi connectivity index (χ0) is 21.0. The maximum absolute atomic E-state index is 14.2. The number of hydrogen-bond acceptors (Lipinski definition) is 4. The number of para-hydroxylation sites is 1. The summed E-state index contributed by atoms with van der Waals surface area (Å²) in [7, 11) is 0. The first-order valence-corrected chi connectivity index (χ1v) is 10.8. The lowest BCUT2D eigenvalue weighted by Crippen LogP contribution is -2.42. The fourth-order valence-corrected chi connectivity index (χ4v) is 4.62. The molecule has 154 valence electrons. The summed E-state index contributed by atoms with van der Waals surface area (Å²) in [6, 6.07) is 6.53. The summed E-state index contributed by atoms with van der Waals surface area (Å²) in [5.41, 5.74) is 0.726. The molecule has 29 heavy (non-hydrogen) atoms. The zero-order valence-electron chi connectivity index (χ0n) is 17.0. The molecule has 2 amide bonds. The smallest absolute Gasteiger partial charge is 0.247 e. The van der Waals surface area contributed by atoms with Gasteiger partial charge in [-0.2, -0.15) is 0 Å². The highest BCUT2D eigenvalue weighted by Gasteiger charge is 2.27. The van der Waals surface area contributed by atoms with E-state index in [1.165, 1.54) is 29.2 Å². The highest BCUT2D eigenvalue weighted by Crippen LogP contribution is 2.31. The van der Waals surface area contributed by atoms with E-state index in [-0.39, 0.29) is 23.5 Å². The number of carbonyl (C=O) groups is 2. The van der Waals surface area contributed by atoms with Gasteiger partial charge in [0.05, 0.1) is 11.4 Å². The lowest BCUT2D eigenvalue weighted by Gasteiger charge is -2.31. The van der Waals surface area contributed by atoms with Crippen LogP contribution < -0.4 is 4.90 Å². The van der Waals surface area contributed by atoms with E-state index in [2.05, 4.69) is 4.98 Å². The molecule has 0 unspecified atom stereocenters. The predicted molar refractivity (Wildman–Crippen MR) is 115 cm³/mol. The highest BCUT2D eigenvalue weighted by molar-refractivity contribution is 7.14. The predicted octanol–water partition coefficient (Wildman–Crippen LogP) is 5.16. The van der Waals surface area contributed by atoms with Crippen LogP contribution >= 0.6 is 11.3 Å². The molecule has 0 atom stereocenters. The molecule has 1 fully saturated rings. The van der Waals surface area contributed by atoms with Crippen LogP contribution in [0.4, 0.5) is 15.2 Å². The molecule has 0 saturated heterocycles. The molecular weight excluding hydrogens is 389 g/mol. The lowest BCUT2D eigenvalue weighted by molar-refractivity contribution is -0.130. The van der Waals surface area contributed by atoms with Crippen molar-refractivity contribution in [2.45, 2.75) is 58.5 Å². The molecule has 0 bridgehead atoms. The van der Waals surface area contributed by atoms with Crippen molar-refractivity contribution in [1.82, 2.24) is 9.88 Å². The molecule has 5 nitrogen and oxygen atoms in total. The van der Waals surface area contributed by atoms with E-state index >= 15 is 0 Å². The average molecular weight is 416 g/mol. The minimum Gasteiger partial charge on any atom is -0.334 e. The summed E-state index contributed by atoms with van der Waals surface area (Å²) in [5.74, 6) is -0.850. The van der Waals surface area contributed by atoms with E-state index in [1.54, 1.807) is 35.7 Å². The molecule has 1 aliphatic carbocycles. The van der Waals surface area contributed by atoms with Gasteiger partial charge in [0.2, 0.25) is 11.8 Å². The molecule has 0 N–H and O–H groups in total. The minimum atomic E-state index is -0.491. The van der Waals surface area contributed by atoms with Crippen LogP contribution in [0.15, 0.2) is 35.7 Å². The van der Waals surface area contributed by atoms with Gasteiger partial charge in [-0.15, -0.1) is 11.3 Å². The van der Waals surface area contributed by atoms with Gasteiger partial charge in [0.1, 0.15) is 5.82 Å². The van der Waals surface area contributed by atoms with Crippen molar-refractivity contribution in [2.75, 3.05) is 4.90 Å². The molecule has 1 heterocycles. The zero-order valence-corrected chi connectivity index (χ0v) is 17.8. The molecule has 1 saturated carbocycles. The van der Waals surface area contributed by atoms with Crippen molar-refractivity contribution in [3.05, 3.63) is 47.2 Å². The first-order valence-electron chi connectivity index (χ1n) is 9.89. The molecular formula is C22H26FN3O2S. The van der Waals surface area contributed by atoms with Crippen molar-refractivity contribution in [2.24, 2.45) is 0 Å². The third kappa shape index (κ3) is 4.90. The Morgan fingerprint density at radius 2 is 1.93 bits per heavy atom. The largest absolute Gasteiger partial charge is 0.334 e. The number of hydrogen-bond donors (Lipinski definition) is 0. The Kier molecular flexibility index (Phi) is 6.79. The van der Waals surface area contributed by atoms with Crippen LogP contribution in [0, 0.1) is 5.82 Å². The van der Waals surface area contributed by atoms with Gasteiger partial charge < -0.3 is 4.90 Å². The van der Waals surface area contributed by atoms with Gasteiger partial charge in [0.15, 0.2) is 5.13 Å². The van der Waals surface area contributed by atoms with E-state index in [0.29, 0.717) is 16.9 Å². The Hall–Kier alpha value is -2.54. The fraction of sp³-hybridized carbons (Fsp3) is 0.409. The number of carbonyl (C=O) groups excluding carboxylic acids is 2. The molecule has 2 aromatic rings. The van der Waals surface area contributed by atoms with Gasteiger partial charge in [-0.05, 0) is 44.9 Å². The van der Waals surface area contributed by atoms with Gasteiger partial charge in [-0.3, -0.25) is 14.5 Å². The SMILES string of the molecule is CC(=O)N(c1nc(/C=C/C(=O)N(C(C)C)C2CCCC2)cs1)c1ccccc1F. The molecule has 0 spiro atoms. The molecule has 0 radical (unpaired) electrons. The summed E-state index contributed by atoms with van der Waals surface area (Å²) >= 11 is 1.23. The number of anilines is 2. The maximum atomic E-state index is 14.2. The Balaban J connectivity index is 1.79. The first-order chi connectivity index (χ1) is 13.9. The van der Waals surface area contributed by atoms with Gasteiger partial charge >= 0.3 is 0 Å². The quantitative estimate of drug-likeness (QED) is 0.613. The van der Waals surface area contributed by atoms with Gasteiger partial charge in [0, 0.05) is 30.5 Å². The van der Waals surface area contributed by atoms with Crippen molar-refractivity contribution >= 4 is 40.0 Å². The van der Waals surface area contributed by atoms with Crippen molar-refractivity contribution in [1.29, 1.82) is 0 Å². The Bertz CT molecular complexity index is 903. The Morgan fingerprint density at radius 3 is 2.55 bits per heavy atom. The third-order valence-corrected chi connectivity index (χ3v) is 5.88. The normalized spacial score (nSPS) is 14.7. The van der Waals surface area contributed by atoms with E-state index in [4.69, 9.17) is 0 Å². The highest BCUT2D eigenvalue weighted by atomic mass is 32.1. The molecule has 3 rings (SSSR count). The van der Waals surface area contributed by atoms with Gasteiger partial charge in [-0.1, -0.05) is 25.0 Å². The number of benzene rings is 1. The second-order valence-electron chi connectivity index (χ2n) is 7.47. The van der Waals surface area contributed by atoms with Crippen molar-refractivity contribution < 1.29 is 14.0 Å². The van der Waals surface area contributed by atoms with Crippen LogP contribution in [0.1, 0.15) is 52.1 Å². The van der Waals surface area contributed by atoms with E-state index in [0.717, 1.165) is 25.7 Å². The molecule has 0 aliphatic heterocycles. The lowest BCUT2D eigenvalue weighted by atomic mass is 10.1. The number of thiazole rings is 1. The first kappa shape index (κ1) is 21.2. The topological polar surface area (TPSA) is 53.5 Å². The summed E-state index contributed by atoms with van der Waals surface area (Å²) in [5, 5.41) is 2.12. The van der Waals surface area contributed by atoms with E-state index in [1.807, 2.05) is 18.7 Å². The van der Waals surface area contributed by atoms with Gasteiger partial charge in [0.25, 0.3) is 0 Å². The van der Waals surface area contributed by atoms with Crippen molar-refractivity contribution in [3.63, 3.8) is 0 Å². The summed E-state index contributed by atoms with van der Waals surface area (Å²) in [6.45, 7) is 5.43. The Labute approximate surface area is 174 Å². The monoisotopic (exact) mass is 415 g/mol. The van der Waals surface area contributed by atoms with Crippen molar-refractivity contribution in [3.8, 4) is 0 Å². The number of nitrogens with zero attached hydrogens (tertiary/aromatic N) is 3. The second kappa shape index (κ2) is 9.31. The third-order valence-electron chi connectivity index (χ3n) is 5.03. The number of aromatic nitrogens is 1. The summed E-state index contributed by atoms with van der Waals surface area (Å²) < 4.78 is 14.2. The molecule has 1 aromatic heterocycles. The molecule has 1 aromatic carbocycles. The Morgan fingerprint density at radius 1 is 1.24 bits per heavy atom.